The molecule has 10 aromatic rings. The summed E-state index contributed by atoms with van der Waals surface area (Å²) in [5.41, 5.74) is 13.7. The van der Waals surface area contributed by atoms with E-state index in [0.29, 0.717) is 33.6 Å². The lowest BCUT2D eigenvalue weighted by atomic mass is 9.52. The monoisotopic (exact) mass is 988 g/mol. The Bertz CT molecular complexity index is 3900. The molecule has 0 saturated heterocycles. The molecule has 0 atom stereocenters. The first-order valence-corrected chi connectivity index (χ1v) is 27.3. The predicted octanol–water partition coefficient (Wildman–Crippen LogP) is 8.53. The number of hydrogen-bond acceptors (Lipinski definition) is 13. The Kier molecular flexibility index (Phi) is 9.69. The molecule has 3 aromatic carbocycles. The van der Waals surface area contributed by atoms with E-state index in [4.69, 9.17) is 20.2 Å². The van der Waals surface area contributed by atoms with Crippen molar-refractivity contribution < 1.29 is 21.3 Å². The van der Waals surface area contributed by atoms with Crippen molar-refractivity contribution in [3.8, 4) is 0 Å². The van der Waals surface area contributed by atoms with Crippen LogP contribution in [0.2, 0.25) is 0 Å². The SMILES string of the molecule is Cc1ccc(S(=O)(=O)n2ccc3c2ncc2nnc(C45CCC(Cc6nc7ccccc7o6)(CC4)CC5)n23)cc1.Cc1ccc(S(=O)(=O)n2ccc3c2ncc2nnc(C45CCC(N)(CC4)CC5)n23)cc1. The van der Waals surface area contributed by atoms with Crippen LogP contribution in [-0.4, -0.2) is 74.5 Å². The Hall–Kier alpha value is -6.83. The molecule has 71 heavy (non-hydrogen) atoms. The summed E-state index contributed by atoms with van der Waals surface area (Å²) in [6, 6.07) is 25.3. The molecule has 7 heterocycles. The van der Waals surface area contributed by atoms with Gasteiger partial charge in [0, 0.05) is 35.2 Å². The molecule has 6 aliphatic rings. The molecule has 6 saturated carbocycles. The van der Waals surface area contributed by atoms with E-state index in [1.165, 1.54) is 7.94 Å². The van der Waals surface area contributed by atoms with Crippen molar-refractivity contribution in [2.75, 3.05) is 0 Å². The fourth-order valence-corrected chi connectivity index (χ4v) is 14.9. The van der Waals surface area contributed by atoms with Gasteiger partial charge in [0.25, 0.3) is 20.0 Å². The summed E-state index contributed by atoms with van der Waals surface area (Å²) in [5.74, 6) is 2.64. The van der Waals surface area contributed by atoms with Gasteiger partial charge in [-0.05, 0) is 145 Å². The largest absolute Gasteiger partial charge is 0.441 e. The topological polar surface area (TPSA) is 216 Å². The highest BCUT2D eigenvalue weighted by atomic mass is 32.2. The number of nitrogens with two attached hydrogens (primary N) is 1. The van der Waals surface area contributed by atoms with Gasteiger partial charge in [0.2, 0.25) is 0 Å². The third-order valence-corrected chi connectivity index (χ3v) is 20.1. The van der Waals surface area contributed by atoms with Gasteiger partial charge in [0.15, 0.2) is 34.1 Å². The maximum atomic E-state index is 13.5. The molecule has 4 bridgehead atoms. The predicted molar refractivity (Wildman–Crippen MR) is 266 cm³/mol. The molecule has 6 aliphatic carbocycles. The molecular formula is C52H52N12O5S2. The lowest BCUT2D eigenvalue weighted by Gasteiger charge is -2.52. The fraction of sp³-hybridized carbons (Fsp3) is 0.365. The molecule has 362 valence electrons. The first-order valence-electron chi connectivity index (χ1n) is 24.4. The molecule has 6 fully saturated rings. The number of oxazole rings is 1. The zero-order valence-corrected chi connectivity index (χ0v) is 41.1. The van der Waals surface area contributed by atoms with Crippen LogP contribution in [0.4, 0.5) is 0 Å². The van der Waals surface area contributed by atoms with Crippen molar-refractivity contribution in [3.63, 3.8) is 0 Å². The summed E-state index contributed by atoms with van der Waals surface area (Å²) < 4.78 is 66.3. The zero-order chi connectivity index (χ0) is 48.5. The third-order valence-electron chi connectivity index (χ3n) is 16.7. The first kappa shape index (κ1) is 44.1. The molecule has 0 spiro atoms. The Morgan fingerprint density at radius 2 is 1.01 bits per heavy atom. The van der Waals surface area contributed by atoms with Crippen LogP contribution in [-0.2, 0) is 37.3 Å². The van der Waals surface area contributed by atoms with E-state index in [-0.39, 0.29) is 31.6 Å². The minimum atomic E-state index is -3.80. The molecule has 0 unspecified atom stereocenters. The van der Waals surface area contributed by atoms with E-state index in [2.05, 4.69) is 25.3 Å². The van der Waals surface area contributed by atoms with E-state index in [1.54, 1.807) is 79.4 Å². The highest BCUT2D eigenvalue weighted by Gasteiger charge is 2.53. The average Bonchev–Trinajstić information content (AvgIpc) is 4.24. The smallest absolute Gasteiger partial charge is 0.269 e. The number of para-hydroxylation sites is 2. The van der Waals surface area contributed by atoms with Crippen molar-refractivity contribution in [1.82, 2.24) is 52.1 Å². The van der Waals surface area contributed by atoms with Crippen LogP contribution in [0, 0.1) is 19.3 Å². The van der Waals surface area contributed by atoms with Gasteiger partial charge >= 0.3 is 0 Å². The van der Waals surface area contributed by atoms with Crippen LogP contribution in [0.25, 0.3) is 44.7 Å². The Balaban J connectivity index is 0.000000143. The van der Waals surface area contributed by atoms with Crippen LogP contribution in [0.15, 0.2) is 124 Å². The van der Waals surface area contributed by atoms with Gasteiger partial charge in [-0.25, -0.2) is 39.7 Å². The van der Waals surface area contributed by atoms with Crippen molar-refractivity contribution in [1.29, 1.82) is 0 Å². The van der Waals surface area contributed by atoms with Gasteiger partial charge in [-0.1, -0.05) is 47.5 Å². The van der Waals surface area contributed by atoms with Crippen molar-refractivity contribution in [3.05, 3.63) is 138 Å². The van der Waals surface area contributed by atoms with E-state index in [1.807, 2.05) is 53.0 Å². The second kappa shape index (κ2) is 15.6. The van der Waals surface area contributed by atoms with Crippen molar-refractivity contribution in [2.24, 2.45) is 11.1 Å². The maximum Gasteiger partial charge on any atom is 0.269 e. The summed E-state index contributed by atoms with van der Waals surface area (Å²) in [7, 11) is -7.57. The molecule has 17 nitrogen and oxygen atoms in total. The summed E-state index contributed by atoms with van der Waals surface area (Å²) in [6.07, 6.45) is 19.3. The summed E-state index contributed by atoms with van der Waals surface area (Å²) in [6.45, 7) is 3.86. The van der Waals surface area contributed by atoms with Gasteiger partial charge in [-0.2, -0.15) is 0 Å². The highest BCUT2D eigenvalue weighted by molar-refractivity contribution is 7.90. The molecule has 2 N–H and O–H groups in total. The second-order valence-electron chi connectivity index (χ2n) is 20.9. The van der Waals surface area contributed by atoms with Gasteiger partial charge in [0.1, 0.15) is 17.2 Å². The van der Waals surface area contributed by atoms with Crippen LogP contribution in [0.1, 0.15) is 106 Å². The molecule has 0 aliphatic heterocycles. The molecular weight excluding hydrogens is 937 g/mol. The minimum absolute atomic E-state index is 0.0371. The lowest BCUT2D eigenvalue weighted by molar-refractivity contribution is 0.0306. The zero-order valence-electron chi connectivity index (χ0n) is 39.4. The summed E-state index contributed by atoms with van der Waals surface area (Å²) >= 11 is 0. The minimum Gasteiger partial charge on any atom is -0.441 e. The van der Waals surface area contributed by atoms with E-state index >= 15 is 0 Å². The van der Waals surface area contributed by atoms with Crippen LogP contribution in [0.5, 0.6) is 0 Å². The molecule has 16 rings (SSSR count). The standard InChI is InChI=1S/C30H28N6O3S.C22H24N6O2S/c1-20-6-8-21(9-7-20)40(37,38)35-17-10-23-27(35)31-19-25-33-34-28(36(23)25)30-14-11-29(12-15-30,13-16-30)18-26-32-22-4-2-3-5-24(22)39-26;1-15-2-4-16(5-3-15)31(29,30)27-13-6-17-19(27)24-14-18-25-26-20(28(17)18)21-7-10-22(23,11-8-21)12-9-21/h2-10,17,19H,11-16,18H2,1H3;2-6,13-14H,7-12,23H2,1H3. The number of fused-ring (bicyclic) bond motifs is 13. The van der Waals surface area contributed by atoms with Crippen LogP contribution < -0.4 is 5.73 Å². The van der Waals surface area contributed by atoms with Gasteiger partial charge in [-0.3, -0.25) is 8.80 Å². The average molecular weight is 989 g/mol. The quantitative estimate of drug-likeness (QED) is 0.151. The first-order chi connectivity index (χ1) is 34.2. The molecule has 19 heteroatoms. The Labute approximate surface area is 409 Å². The lowest BCUT2D eigenvalue weighted by Crippen LogP contribution is -2.54. The second-order valence-corrected chi connectivity index (χ2v) is 24.5. The van der Waals surface area contributed by atoms with Crippen molar-refractivity contribution >= 4 is 64.8 Å². The van der Waals surface area contributed by atoms with Crippen LogP contribution >= 0.6 is 0 Å². The van der Waals surface area contributed by atoms with E-state index < -0.39 is 20.0 Å². The van der Waals surface area contributed by atoms with Gasteiger partial charge in [0.05, 0.1) is 33.2 Å². The van der Waals surface area contributed by atoms with Gasteiger partial charge < -0.3 is 10.2 Å². The normalized spacial score (nSPS) is 24.4. The van der Waals surface area contributed by atoms with E-state index in [0.717, 1.165) is 123 Å². The molecule has 0 amide bonds. The molecule has 7 aromatic heterocycles. The third kappa shape index (κ3) is 6.89. The number of nitrogens with zero attached hydrogens (tertiary/aromatic N) is 11. The van der Waals surface area contributed by atoms with E-state index in [9.17, 15) is 16.8 Å². The highest BCUT2D eigenvalue weighted by Crippen LogP contribution is 2.59. The number of benzene rings is 3. The van der Waals surface area contributed by atoms with Crippen LogP contribution in [0.3, 0.4) is 0 Å². The fourth-order valence-electron chi connectivity index (χ4n) is 12.3. The molecule has 0 radical (unpaired) electrons. The number of aromatic nitrogens is 11. The van der Waals surface area contributed by atoms with Gasteiger partial charge in [-0.15, -0.1) is 20.4 Å². The van der Waals surface area contributed by atoms with Crippen molar-refractivity contribution in [2.45, 2.75) is 123 Å². The number of aryl methyl sites for hydroxylation is 2. The number of hydrogen-bond donors (Lipinski definition) is 1. The summed E-state index contributed by atoms with van der Waals surface area (Å²) in [4.78, 5) is 14.2. The maximum absolute atomic E-state index is 13.5. The Morgan fingerprint density at radius 1 is 0.563 bits per heavy atom. The summed E-state index contributed by atoms with van der Waals surface area (Å²) in [5, 5.41) is 18.1. The number of rotatable bonds is 8. The Morgan fingerprint density at radius 3 is 1.48 bits per heavy atom.